The van der Waals surface area contributed by atoms with Crippen LogP contribution in [0.3, 0.4) is 0 Å². The summed E-state index contributed by atoms with van der Waals surface area (Å²) in [5.74, 6) is 0.719. The maximum atomic E-state index is 9.49. The zero-order valence-corrected chi connectivity index (χ0v) is 14.0. The second-order valence-corrected chi connectivity index (χ2v) is 6.02. The molecule has 0 saturated heterocycles. The summed E-state index contributed by atoms with van der Waals surface area (Å²) in [6.45, 7) is 5.86. The summed E-state index contributed by atoms with van der Waals surface area (Å²) in [6, 6.07) is 4.03. The molecule has 8 nitrogen and oxygen atoms in total. The van der Waals surface area contributed by atoms with E-state index in [1.807, 2.05) is 24.5 Å². The predicted molar refractivity (Wildman–Crippen MR) is 90.4 cm³/mol. The topological polar surface area (TPSA) is 93.7 Å². The summed E-state index contributed by atoms with van der Waals surface area (Å²) in [4.78, 5) is 4.46. The van der Waals surface area contributed by atoms with E-state index in [0.29, 0.717) is 6.42 Å². The van der Waals surface area contributed by atoms with Crippen molar-refractivity contribution in [2.75, 3.05) is 5.32 Å². The van der Waals surface area contributed by atoms with E-state index in [9.17, 15) is 5.11 Å². The van der Waals surface area contributed by atoms with Gasteiger partial charge in [-0.3, -0.25) is 0 Å². The van der Waals surface area contributed by atoms with Gasteiger partial charge in [0.05, 0.1) is 29.9 Å². The number of nitrogens with one attached hydrogen (secondary N) is 1. The molecule has 8 heteroatoms. The quantitative estimate of drug-likeness (QED) is 0.714. The van der Waals surface area contributed by atoms with Crippen molar-refractivity contribution in [2.45, 2.75) is 39.3 Å². The minimum atomic E-state index is -0.455. The number of pyridine rings is 1. The van der Waals surface area contributed by atoms with Crippen LogP contribution in [0.2, 0.25) is 0 Å². The highest BCUT2D eigenvalue weighted by molar-refractivity contribution is 5.62. The highest BCUT2D eigenvalue weighted by Crippen LogP contribution is 2.22. The summed E-state index contributed by atoms with van der Waals surface area (Å²) in [5.41, 5.74) is 2.42. The fourth-order valence-electron chi connectivity index (χ4n) is 2.39. The van der Waals surface area contributed by atoms with Gasteiger partial charge in [0, 0.05) is 30.9 Å². The van der Waals surface area contributed by atoms with Crippen molar-refractivity contribution in [3.8, 4) is 11.5 Å². The molecule has 0 saturated carbocycles. The van der Waals surface area contributed by atoms with Gasteiger partial charge in [0.1, 0.15) is 5.69 Å². The zero-order valence-electron chi connectivity index (χ0n) is 14.0. The third-order valence-corrected chi connectivity index (χ3v) is 3.34. The van der Waals surface area contributed by atoms with Crippen LogP contribution in [0.25, 0.3) is 11.5 Å². The maximum absolute atomic E-state index is 9.49. The van der Waals surface area contributed by atoms with E-state index in [-0.39, 0.29) is 6.04 Å². The first kappa shape index (κ1) is 16.1. The molecule has 0 amide bonds. The van der Waals surface area contributed by atoms with Crippen LogP contribution < -0.4 is 5.32 Å². The molecule has 0 aliphatic carbocycles. The molecular weight excluding hydrogens is 306 g/mol. The highest BCUT2D eigenvalue weighted by Gasteiger charge is 2.12. The fraction of sp³-hybridized carbons (Fsp3) is 0.375. The second kappa shape index (κ2) is 6.79. The largest absolute Gasteiger partial charge is 0.393 e. The molecule has 0 bridgehead atoms. The molecule has 0 aliphatic heterocycles. The van der Waals surface area contributed by atoms with Crippen molar-refractivity contribution >= 4 is 5.69 Å². The van der Waals surface area contributed by atoms with Crippen LogP contribution in [0.1, 0.15) is 26.5 Å². The Bertz CT molecular complexity index is 793. The number of anilines is 1. The van der Waals surface area contributed by atoms with E-state index in [1.165, 1.54) is 0 Å². The standard InChI is InChI=1S/C16H21N7O/c1-11(2)19-14-8-16(22-6-4-5-18-22)17-9-15(14)23-10-13(20-21-23)7-12(3)24/h4-6,8-12,24H,7H2,1-3H3,(H,17,19). The Balaban J connectivity index is 1.98. The summed E-state index contributed by atoms with van der Waals surface area (Å²) in [7, 11) is 0. The van der Waals surface area contributed by atoms with Gasteiger partial charge in [0.25, 0.3) is 0 Å². The normalized spacial score (nSPS) is 12.5. The lowest BCUT2D eigenvalue weighted by atomic mass is 10.2. The fourth-order valence-corrected chi connectivity index (χ4v) is 2.39. The minimum absolute atomic E-state index is 0.247. The Labute approximate surface area is 140 Å². The molecule has 1 unspecified atom stereocenters. The lowest BCUT2D eigenvalue weighted by Crippen LogP contribution is -2.14. The highest BCUT2D eigenvalue weighted by atomic mass is 16.3. The monoisotopic (exact) mass is 327 g/mol. The molecule has 24 heavy (non-hydrogen) atoms. The van der Waals surface area contributed by atoms with Crippen LogP contribution in [0.4, 0.5) is 5.69 Å². The van der Waals surface area contributed by atoms with E-state index in [4.69, 9.17) is 0 Å². The molecule has 3 rings (SSSR count). The molecule has 2 N–H and O–H groups in total. The van der Waals surface area contributed by atoms with Crippen LogP contribution >= 0.6 is 0 Å². The summed E-state index contributed by atoms with van der Waals surface area (Å²) >= 11 is 0. The number of hydrogen-bond donors (Lipinski definition) is 2. The van der Waals surface area contributed by atoms with Crippen molar-refractivity contribution in [3.63, 3.8) is 0 Å². The van der Waals surface area contributed by atoms with Crippen LogP contribution in [0.15, 0.2) is 36.9 Å². The zero-order chi connectivity index (χ0) is 17.1. The molecule has 3 aromatic heterocycles. The SMILES string of the molecule is CC(O)Cc1cn(-c2cnc(-n3cccn3)cc2NC(C)C)nn1. The van der Waals surface area contributed by atoms with Gasteiger partial charge < -0.3 is 10.4 Å². The van der Waals surface area contributed by atoms with Gasteiger partial charge in [0.2, 0.25) is 0 Å². The molecule has 3 aromatic rings. The van der Waals surface area contributed by atoms with Crippen molar-refractivity contribution in [2.24, 2.45) is 0 Å². The van der Waals surface area contributed by atoms with E-state index < -0.39 is 6.10 Å². The van der Waals surface area contributed by atoms with Gasteiger partial charge in [-0.2, -0.15) is 5.10 Å². The Hall–Kier alpha value is -2.74. The van der Waals surface area contributed by atoms with Crippen molar-refractivity contribution < 1.29 is 5.11 Å². The summed E-state index contributed by atoms with van der Waals surface area (Å²) in [6.07, 6.45) is 7.11. The third-order valence-electron chi connectivity index (χ3n) is 3.34. The molecular formula is C16H21N7O. The number of nitrogens with zero attached hydrogens (tertiary/aromatic N) is 6. The smallest absolute Gasteiger partial charge is 0.155 e. The second-order valence-electron chi connectivity index (χ2n) is 6.02. The van der Waals surface area contributed by atoms with Gasteiger partial charge in [0.15, 0.2) is 5.82 Å². The molecule has 126 valence electrons. The lowest BCUT2D eigenvalue weighted by molar-refractivity contribution is 0.194. The van der Waals surface area contributed by atoms with Gasteiger partial charge in [-0.15, -0.1) is 5.10 Å². The first-order valence-electron chi connectivity index (χ1n) is 7.89. The van der Waals surface area contributed by atoms with Crippen LogP contribution in [0.5, 0.6) is 0 Å². The average Bonchev–Trinajstić information content (AvgIpc) is 3.17. The first-order valence-corrected chi connectivity index (χ1v) is 7.89. The summed E-state index contributed by atoms with van der Waals surface area (Å²) < 4.78 is 3.37. The van der Waals surface area contributed by atoms with E-state index in [1.54, 1.807) is 28.7 Å². The molecule has 0 aliphatic rings. The molecule has 0 aromatic carbocycles. The predicted octanol–water partition coefficient (Wildman–Crippen LogP) is 1.59. The lowest BCUT2D eigenvalue weighted by Gasteiger charge is -2.15. The molecule has 0 spiro atoms. The number of aliphatic hydroxyl groups is 1. The number of hydrogen-bond acceptors (Lipinski definition) is 6. The molecule has 0 radical (unpaired) electrons. The van der Waals surface area contributed by atoms with Gasteiger partial charge in [-0.05, 0) is 26.8 Å². The minimum Gasteiger partial charge on any atom is -0.393 e. The van der Waals surface area contributed by atoms with Crippen LogP contribution in [-0.4, -0.2) is 47.0 Å². The van der Waals surface area contributed by atoms with Gasteiger partial charge in [-0.1, -0.05) is 5.21 Å². The summed E-state index contributed by atoms with van der Waals surface area (Å²) in [5, 5.41) is 25.4. The van der Waals surface area contributed by atoms with Crippen molar-refractivity contribution in [1.29, 1.82) is 0 Å². The Morgan fingerprint density at radius 1 is 1.25 bits per heavy atom. The Morgan fingerprint density at radius 3 is 2.75 bits per heavy atom. The Morgan fingerprint density at radius 2 is 2.08 bits per heavy atom. The molecule has 3 heterocycles. The number of rotatable bonds is 6. The van der Waals surface area contributed by atoms with E-state index in [2.05, 4.69) is 39.6 Å². The molecule has 0 fully saturated rings. The maximum Gasteiger partial charge on any atom is 0.155 e. The van der Waals surface area contributed by atoms with Gasteiger partial charge >= 0.3 is 0 Å². The van der Waals surface area contributed by atoms with Gasteiger partial charge in [-0.25, -0.2) is 14.3 Å². The van der Waals surface area contributed by atoms with Crippen molar-refractivity contribution in [3.05, 3.63) is 42.6 Å². The third kappa shape index (κ3) is 3.60. The van der Waals surface area contributed by atoms with Crippen molar-refractivity contribution in [1.82, 2.24) is 29.8 Å². The molecule has 1 atom stereocenters. The Kier molecular flexibility index (Phi) is 4.57. The van der Waals surface area contributed by atoms with E-state index >= 15 is 0 Å². The van der Waals surface area contributed by atoms with Crippen LogP contribution in [-0.2, 0) is 6.42 Å². The first-order chi connectivity index (χ1) is 11.5. The van der Waals surface area contributed by atoms with E-state index in [0.717, 1.165) is 22.9 Å². The van der Waals surface area contributed by atoms with Crippen LogP contribution in [0, 0.1) is 0 Å². The average molecular weight is 327 g/mol. The number of aromatic nitrogens is 6. The number of aliphatic hydroxyl groups excluding tert-OH is 1.